The third-order valence-corrected chi connectivity index (χ3v) is 4.15. The van der Waals surface area contributed by atoms with Crippen LogP contribution in [-0.2, 0) is 29.6 Å². The molecule has 0 bridgehead atoms. The molecule has 0 saturated carbocycles. The van der Waals surface area contributed by atoms with Crippen molar-refractivity contribution in [1.29, 1.82) is 0 Å². The average Bonchev–Trinajstić information content (AvgIpc) is 3.20. The molecule has 0 unspecified atom stereocenters. The number of ether oxygens (including phenoxy) is 2. The minimum absolute atomic E-state index is 0.0840. The van der Waals surface area contributed by atoms with E-state index in [-0.39, 0.29) is 24.9 Å². The molecule has 0 aliphatic heterocycles. The first kappa shape index (κ1) is 17.7. The second-order valence-electron chi connectivity index (χ2n) is 5.82. The van der Waals surface area contributed by atoms with Crippen LogP contribution in [0.5, 0.6) is 5.75 Å². The number of esters is 1. The highest BCUT2D eigenvalue weighted by atomic mass is 16.6. The molecule has 0 spiro atoms. The molecule has 0 N–H and O–H groups in total. The number of benzene rings is 1. The number of aromatic nitrogens is 4. The Kier molecular flexibility index (Phi) is 5.01. The van der Waals surface area contributed by atoms with Crippen LogP contribution in [-0.4, -0.2) is 33.0 Å². The van der Waals surface area contributed by atoms with Crippen LogP contribution in [0.2, 0.25) is 0 Å². The lowest BCUT2D eigenvalue weighted by molar-refractivity contribution is -0.144. The number of carbonyl (C=O) groups excluding carboxylic acids is 1. The summed E-state index contributed by atoms with van der Waals surface area (Å²) in [6.07, 6.45) is 0.152. The molecule has 0 amide bonds. The summed E-state index contributed by atoms with van der Waals surface area (Å²) in [5, 5.41) is 8.21. The molecule has 0 radical (unpaired) electrons. The van der Waals surface area contributed by atoms with Crippen LogP contribution in [0.4, 0.5) is 0 Å². The first-order valence-electron chi connectivity index (χ1n) is 8.10. The normalized spacial score (nSPS) is 10.8. The number of carbonyl (C=O) groups is 1. The molecule has 3 rings (SSSR count). The van der Waals surface area contributed by atoms with E-state index in [0.29, 0.717) is 17.1 Å². The topological polar surface area (TPSA) is 92.3 Å². The molecule has 0 aliphatic carbocycles. The van der Waals surface area contributed by atoms with Gasteiger partial charge in [0.15, 0.2) is 6.61 Å². The third-order valence-electron chi connectivity index (χ3n) is 4.15. The van der Waals surface area contributed by atoms with Gasteiger partial charge in [0, 0.05) is 18.3 Å². The number of hydrogen-bond acceptors (Lipinski definition) is 7. The van der Waals surface area contributed by atoms with E-state index < -0.39 is 0 Å². The highest BCUT2D eigenvalue weighted by molar-refractivity contribution is 5.73. The van der Waals surface area contributed by atoms with Crippen LogP contribution in [0.15, 0.2) is 28.8 Å². The molecule has 8 heteroatoms. The fourth-order valence-corrected chi connectivity index (χ4v) is 2.66. The van der Waals surface area contributed by atoms with E-state index in [2.05, 4.69) is 15.2 Å². The summed E-state index contributed by atoms with van der Waals surface area (Å²) in [7, 11) is 3.42. The second kappa shape index (κ2) is 7.38. The van der Waals surface area contributed by atoms with Crippen molar-refractivity contribution >= 4 is 5.97 Å². The van der Waals surface area contributed by atoms with Gasteiger partial charge in [0.2, 0.25) is 5.82 Å². The fourth-order valence-electron chi connectivity index (χ4n) is 2.66. The molecular weight excluding hydrogens is 336 g/mol. The molecule has 2 heterocycles. The first-order valence-corrected chi connectivity index (χ1v) is 8.10. The molecular formula is C18H20N4O4. The van der Waals surface area contributed by atoms with Gasteiger partial charge in [-0.2, -0.15) is 10.1 Å². The SMILES string of the molecule is COc1ccccc1-c1noc(COC(=O)Cc2c(C)nn(C)c2C)n1. The standard InChI is InChI=1S/C18H20N4O4/c1-11-14(12(2)22(3)20-11)9-17(23)25-10-16-19-18(21-26-16)13-7-5-6-8-15(13)24-4/h5-8H,9-10H2,1-4H3. The summed E-state index contributed by atoms with van der Waals surface area (Å²) >= 11 is 0. The molecule has 1 aromatic carbocycles. The zero-order valence-corrected chi connectivity index (χ0v) is 15.1. The van der Waals surface area contributed by atoms with Crippen LogP contribution in [0, 0.1) is 13.8 Å². The number of methoxy groups -OCH3 is 1. The number of para-hydroxylation sites is 1. The van der Waals surface area contributed by atoms with Gasteiger partial charge in [-0.15, -0.1) is 0 Å². The van der Waals surface area contributed by atoms with E-state index >= 15 is 0 Å². The molecule has 136 valence electrons. The zero-order valence-electron chi connectivity index (χ0n) is 15.1. The van der Waals surface area contributed by atoms with Gasteiger partial charge in [-0.05, 0) is 26.0 Å². The highest BCUT2D eigenvalue weighted by Gasteiger charge is 2.17. The van der Waals surface area contributed by atoms with Gasteiger partial charge in [-0.25, -0.2) is 0 Å². The lowest BCUT2D eigenvalue weighted by Gasteiger charge is -2.03. The summed E-state index contributed by atoms with van der Waals surface area (Å²) in [6, 6.07) is 7.34. The van der Waals surface area contributed by atoms with Crippen LogP contribution < -0.4 is 4.74 Å². The van der Waals surface area contributed by atoms with Gasteiger partial charge in [-0.3, -0.25) is 9.48 Å². The molecule has 8 nitrogen and oxygen atoms in total. The van der Waals surface area contributed by atoms with Crippen molar-refractivity contribution in [2.75, 3.05) is 7.11 Å². The van der Waals surface area contributed by atoms with E-state index in [1.54, 1.807) is 11.8 Å². The van der Waals surface area contributed by atoms with E-state index in [1.165, 1.54) is 0 Å². The predicted octanol–water partition coefficient (Wildman–Crippen LogP) is 2.38. The molecule has 2 aromatic heterocycles. The Morgan fingerprint density at radius 3 is 2.73 bits per heavy atom. The Labute approximate surface area is 150 Å². The van der Waals surface area contributed by atoms with Gasteiger partial charge in [0.25, 0.3) is 5.89 Å². The van der Waals surface area contributed by atoms with Crippen LogP contribution >= 0.6 is 0 Å². The minimum Gasteiger partial charge on any atom is -0.496 e. The lowest BCUT2D eigenvalue weighted by atomic mass is 10.1. The maximum absolute atomic E-state index is 12.1. The Bertz CT molecular complexity index is 929. The number of hydrogen-bond donors (Lipinski definition) is 0. The van der Waals surface area contributed by atoms with Crippen molar-refractivity contribution < 1.29 is 18.8 Å². The van der Waals surface area contributed by atoms with Gasteiger partial charge in [-0.1, -0.05) is 17.3 Å². The third kappa shape index (κ3) is 3.58. The fraction of sp³-hybridized carbons (Fsp3) is 0.333. The smallest absolute Gasteiger partial charge is 0.310 e. The summed E-state index contributed by atoms with van der Waals surface area (Å²) in [5.41, 5.74) is 3.34. The first-order chi connectivity index (χ1) is 12.5. The van der Waals surface area contributed by atoms with Gasteiger partial charge < -0.3 is 14.0 Å². The average molecular weight is 356 g/mol. The van der Waals surface area contributed by atoms with Crippen molar-refractivity contribution in [3.05, 3.63) is 47.1 Å². The van der Waals surface area contributed by atoms with Crippen molar-refractivity contribution in [2.24, 2.45) is 7.05 Å². The van der Waals surface area contributed by atoms with Gasteiger partial charge in [0.05, 0.1) is 24.8 Å². The zero-order chi connectivity index (χ0) is 18.7. The van der Waals surface area contributed by atoms with E-state index in [1.807, 2.05) is 45.2 Å². The van der Waals surface area contributed by atoms with Crippen LogP contribution in [0.25, 0.3) is 11.4 Å². The maximum atomic E-state index is 12.1. The summed E-state index contributed by atoms with van der Waals surface area (Å²) < 4.78 is 17.4. The maximum Gasteiger partial charge on any atom is 0.310 e. The van der Waals surface area contributed by atoms with E-state index in [4.69, 9.17) is 14.0 Å². The molecule has 0 saturated heterocycles. The summed E-state index contributed by atoms with van der Waals surface area (Å²) in [5.74, 6) is 0.868. The Morgan fingerprint density at radius 1 is 1.27 bits per heavy atom. The van der Waals surface area contributed by atoms with E-state index in [0.717, 1.165) is 17.0 Å². The number of rotatable bonds is 6. The Balaban J connectivity index is 1.64. The van der Waals surface area contributed by atoms with E-state index in [9.17, 15) is 4.79 Å². The van der Waals surface area contributed by atoms with Crippen LogP contribution in [0.1, 0.15) is 22.8 Å². The monoisotopic (exact) mass is 356 g/mol. The van der Waals surface area contributed by atoms with Gasteiger partial charge >= 0.3 is 5.97 Å². The van der Waals surface area contributed by atoms with Crippen molar-refractivity contribution in [1.82, 2.24) is 19.9 Å². The van der Waals surface area contributed by atoms with Gasteiger partial charge in [0.1, 0.15) is 5.75 Å². The second-order valence-corrected chi connectivity index (χ2v) is 5.82. The van der Waals surface area contributed by atoms with Crippen molar-refractivity contribution in [2.45, 2.75) is 26.9 Å². The largest absolute Gasteiger partial charge is 0.496 e. The van der Waals surface area contributed by atoms with Crippen molar-refractivity contribution in [3.8, 4) is 17.1 Å². The molecule has 0 atom stereocenters. The molecule has 3 aromatic rings. The minimum atomic E-state index is -0.374. The molecule has 0 aliphatic rings. The quantitative estimate of drug-likeness (QED) is 0.626. The molecule has 26 heavy (non-hydrogen) atoms. The number of aryl methyl sites for hydroxylation is 2. The molecule has 0 fully saturated rings. The summed E-state index contributed by atoms with van der Waals surface area (Å²) in [4.78, 5) is 16.4. The Hall–Kier alpha value is -3.16. The number of nitrogens with zero attached hydrogens (tertiary/aromatic N) is 4. The predicted molar refractivity (Wildman–Crippen MR) is 92.5 cm³/mol. The van der Waals surface area contributed by atoms with Crippen LogP contribution in [0.3, 0.4) is 0 Å². The summed E-state index contributed by atoms with van der Waals surface area (Å²) in [6.45, 7) is 3.70. The highest BCUT2D eigenvalue weighted by Crippen LogP contribution is 2.27. The van der Waals surface area contributed by atoms with Crippen molar-refractivity contribution in [3.63, 3.8) is 0 Å². The Morgan fingerprint density at radius 2 is 2.04 bits per heavy atom. The lowest BCUT2D eigenvalue weighted by Crippen LogP contribution is -2.09.